The smallest absolute Gasteiger partial charge is 0.333 e. The second-order valence-corrected chi connectivity index (χ2v) is 8.87. The number of pyridine rings is 1. The van der Waals surface area contributed by atoms with Crippen molar-refractivity contribution in [2.24, 2.45) is 0 Å². The summed E-state index contributed by atoms with van der Waals surface area (Å²) in [5.41, 5.74) is 2.28. The molecule has 2 aromatic heterocycles. The third-order valence-corrected chi connectivity index (χ3v) is 6.19. The monoisotopic (exact) mass is 560 g/mol. The molecule has 0 aliphatic rings. The van der Waals surface area contributed by atoms with Crippen molar-refractivity contribution in [2.45, 2.75) is 6.54 Å². The summed E-state index contributed by atoms with van der Waals surface area (Å²) in [5.74, 6) is 2.15. The summed E-state index contributed by atoms with van der Waals surface area (Å²) < 4.78 is 17.3. The second kappa shape index (κ2) is 11.6. The van der Waals surface area contributed by atoms with E-state index in [1.54, 1.807) is 48.7 Å². The highest BCUT2D eigenvalue weighted by Gasteiger charge is 2.15. The molecule has 0 saturated heterocycles. The van der Waals surface area contributed by atoms with E-state index < -0.39 is 6.03 Å². The van der Waals surface area contributed by atoms with Crippen molar-refractivity contribution in [1.82, 2.24) is 19.3 Å². The van der Waals surface area contributed by atoms with Gasteiger partial charge in [0.25, 0.3) is 0 Å². The van der Waals surface area contributed by atoms with Crippen LogP contribution in [0.4, 0.5) is 22.1 Å². The van der Waals surface area contributed by atoms with Gasteiger partial charge in [-0.15, -0.1) is 0 Å². The third-order valence-electron chi connectivity index (χ3n) is 5.13. The molecule has 4 rings (SSSR count). The Kier molecular flexibility index (Phi) is 8.27. The Morgan fingerprint density at radius 2 is 1.65 bits per heavy atom. The molecule has 0 aliphatic carbocycles. The fourth-order valence-electron chi connectivity index (χ4n) is 3.39. The molecule has 37 heavy (non-hydrogen) atoms. The number of rotatable bonds is 8. The molecule has 0 unspecified atom stereocenters. The fourth-order valence-corrected chi connectivity index (χ4v) is 3.92. The molecule has 2 aromatic carbocycles. The van der Waals surface area contributed by atoms with Crippen LogP contribution in [0.15, 0.2) is 48.7 Å². The lowest BCUT2D eigenvalue weighted by molar-refractivity contribution is 0.238. The summed E-state index contributed by atoms with van der Waals surface area (Å²) >= 11 is 16.3. The molecule has 10 nitrogen and oxygen atoms in total. The highest BCUT2D eigenvalue weighted by molar-refractivity contribution is 7.78. The lowest BCUT2D eigenvalue weighted by atomic mass is 10.2. The van der Waals surface area contributed by atoms with Gasteiger partial charge in [-0.2, -0.15) is 0 Å². The highest BCUT2D eigenvalue weighted by atomic mass is 35.5. The van der Waals surface area contributed by atoms with Crippen molar-refractivity contribution in [3.8, 4) is 17.2 Å². The van der Waals surface area contributed by atoms with Gasteiger partial charge in [0.15, 0.2) is 23.0 Å². The number of urea groups is 1. The number of ether oxygens (including phenoxy) is 3. The fraction of sp³-hybridized carbons (Fsp3) is 0.167. The number of fused-ring (bicyclic) bond motifs is 1. The van der Waals surface area contributed by atoms with E-state index >= 15 is 0 Å². The van der Waals surface area contributed by atoms with Crippen LogP contribution in [0.5, 0.6) is 17.2 Å². The quantitative estimate of drug-likeness (QED) is 0.226. The molecular weight excluding hydrogens is 539 g/mol. The van der Waals surface area contributed by atoms with Crippen LogP contribution in [0.2, 0.25) is 10.0 Å². The first-order valence-electron chi connectivity index (χ1n) is 10.7. The zero-order chi connectivity index (χ0) is 26.5. The zero-order valence-electron chi connectivity index (χ0n) is 20.0. The number of carbonyl (C=O) groups is 1. The van der Waals surface area contributed by atoms with E-state index in [2.05, 4.69) is 38.4 Å². The summed E-state index contributed by atoms with van der Waals surface area (Å²) in [6, 6.07) is 11.4. The van der Waals surface area contributed by atoms with Crippen LogP contribution in [0.3, 0.4) is 0 Å². The molecule has 2 amide bonds. The first-order valence-corrected chi connectivity index (χ1v) is 11.9. The summed E-state index contributed by atoms with van der Waals surface area (Å²) in [6.07, 6.45) is 1.57. The van der Waals surface area contributed by atoms with Crippen molar-refractivity contribution in [1.29, 1.82) is 0 Å². The second-order valence-electron chi connectivity index (χ2n) is 7.57. The molecule has 0 radical (unpaired) electrons. The van der Waals surface area contributed by atoms with Crippen LogP contribution in [0.1, 0.15) is 5.56 Å². The molecule has 0 aliphatic heterocycles. The van der Waals surface area contributed by atoms with Crippen molar-refractivity contribution in [2.75, 3.05) is 32.0 Å². The maximum absolute atomic E-state index is 12.6. The summed E-state index contributed by atoms with van der Waals surface area (Å²) in [4.78, 5) is 26.0. The summed E-state index contributed by atoms with van der Waals surface area (Å²) in [6.45, 7) is 0.197. The standard InChI is InChI=1S/C24H22Cl2N6O4S/c1-34-18-9-14(10-19(35-2)22(18)36-3)28-21-11-27-17-6-7-20(29-23(17)30-21)31-24(33)32(37)12-13-4-5-15(25)16(26)8-13/h4-11,37H,12H2,1-3H3,(H2,28,29,30,31,33). The van der Waals surface area contributed by atoms with Crippen molar-refractivity contribution < 1.29 is 19.0 Å². The molecule has 4 aromatic rings. The molecule has 2 N–H and O–H groups in total. The van der Waals surface area contributed by atoms with Gasteiger partial charge in [-0.3, -0.25) is 9.62 Å². The number of hydrogen-bond donors (Lipinski definition) is 3. The van der Waals surface area contributed by atoms with Gasteiger partial charge in [-0.05, 0) is 29.8 Å². The SMILES string of the molecule is COc1cc(Nc2cnc3ccc(NC(=O)N(S)Cc4ccc(Cl)c(Cl)c4)nc3n2)cc(OC)c1OC. The number of aromatic nitrogens is 3. The van der Waals surface area contributed by atoms with E-state index in [0.717, 1.165) is 5.56 Å². The number of nitrogens with zero attached hydrogens (tertiary/aromatic N) is 4. The average molecular weight is 561 g/mol. The van der Waals surface area contributed by atoms with Crippen molar-refractivity contribution >= 4 is 70.5 Å². The predicted octanol–water partition coefficient (Wildman–Crippen LogP) is 5.98. The topological polar surface area (TPSA) is 111 Å². The normalized spacial score (nSPS) is 10.6. The van der Waals surface area contributed by atoms with Gasteiger partial charge in [0, 0.05) is 17.8 Å². The Morgan fingerprint density at radius 3 is 2.30 bits per heavy atom. The van der Waals surface area contributed by atoms with Crippen molar-refractivity contribution in [3.63, 3.8) is 0 Å². The lowest BCUT2D eigenvalue weighted by Crippen LogP contribution is -2.27. The molecule has 2 heterocycles. The van der Waals surface area contributed by atoms with Gasteiger partial charge in [0.2, 0.25) is 5.75 Å². The number of carbonyl (C=O) groups excluding carboxylic acids is 1. The molecule has 192 valence electrons. The summed E-state index contributed by atoms with van der Waals surface area (Å²) in [7, 11) is 4.60. The number of halogens is 2. The molecular formula is C24H22Cl2N6O4S. The van der Waals surface area contributed by atoms with Gasteiger partial charge in [-0.1, -0.05) is 42.1 Å². The van der Waals surface area contributed by atoms with Gasteiger partial charge < -0.3 is 19.5 Å². The van der Waals surface area contributed by atoms with Crippen molar-refractivity contribution in [3.05, 3.63) is 64.3 Å². The van der Waals surface area contributed by atoms with Gasteiger partial charge in [-0.25, -0.2) is 19.7 Å². The molecule has 0 saturated carbocycles. The van der Waals surface area contributed by atoms with E-state index in [1.165, 1.54) is 25.6 Å². The Bertz CT molecular complexity index is 1430. The van der Waals surface area contributed by atoms with E-state index in [1.807, 2.05) is 0 Å². The van der Waals surface area contributed by atoms with Crippen LogP contribution in [-0.2, 0) is 6.54 Å². The van der Waals surface area contributed by atoms with E-state index in [4.69, 9.17) is 37.4 Å². The molecule has 0 atom stereocenters. The number of anilines is 3. The Labute approximate surface area is 228 Å². The molecule has 0 spiro atoms. The number of methoxy groups -OCH3 is 3. The van der Waals surface area contributed by atoms with Gasteiger partial charge in [0.1, 0.15) is 11.3 Å². The van der Waals surface area contributed by atoms with Crippen LogP contribution in [0, 0.1) is 0 Å². The van der Waals surface area contributed by atoms with E-state index in [9.17, 15) is 4.79 Å². The van der Waals surface area contributed by atoms with Gasteiger partial charge >= 0.3 is 6.03 Å². The Hall–Kier alpha value is -3.67. The third kappa shape index (κ3) is 6.19. The minimum atomic E-state index is -0.485. The lowest BCUT2D eigenvalue weighted by Gasteiger charge is -2.17. The molecule has 0 fully saturated rings. The number of benzene rings is 2. The largest absolute Gasteiger partial charge is 0.493 e. The number of amides is 2. The minimum Gasteiger partial charge on any atom is -0.493 e. The minimum absolute atomic E-state index is 0.197. The maximum Gasteiger partial charge on any atom is 0.333 e. The van der Waals surface area contributed by atoms with Gasteiger partial charge in [0.05, 0.1) is 44.1 Å². The van der Waals surface area contributed by atoms with Crippen LogP contribution >= 0.6 is 36.0 Å². The highest BCUT2D eigenvalue weighted by Crippen LogP contribution is 2.40. The van der Waals surface area contributed by atoms with E-state index in [-0.39, 0.29) is 12.4 Å². The summed E-state index contributed by atoms with van der Waals surface area (Å²) in [5, 5.41) is 6.68. The number of thiol groups is 1. The number of nitrogens with one attached hydrogen (secondary N) is 2. The Balaban J connectivity index is 1.50. The predicted molar refractivity (Wildman–Crippen MR) is 147 cm³/mol. The van der Waals surface area contributed by atoms with Crippen LogP contribution < -0.4 is 24.8 Å². The zero-order valence-corrected chi connectivity index (χ0v) is 22.4. The maximum atomic E-state index is 12.6. The average Bonchev–Trinajstić information content (AvgIpc) is 2.89. The number of hydrogen-bond acceptors (Lipinski definition) is 9. The first-order chi connectivity index (χ1) is 17.8. The van der Waals surface area contributed by atoms with Crippen LogP contribution in [-0.4, -0.2) is 46.6 Å². The molecule has 0 bridgehead atoms. The van der Waals surface area contributed by atoms with Crippen LogP contribution in [0.25, 0.3) is 11.2 Å². The first kappa shape index (κ1) is 26.4. The van der Waals surface area contributed by atoms with E-state index in [0.29, 0.717) is 50.0 Å². The molecule has 13 heteroatoms. The Morgan fingerprint density at radius 1 is 0.946 bits per heavy atom.